The molecule has 0 unspecified atom stereocenters. The zero-order valence-corrected chi connectivity index (χ0v) is 10.6. The Kier molecular flexibility index (Phi) is 3.96. The Morgan fingerprint density at radius 2 is 2.12 bits per heavy atom. The van der Waals surface area contributed by atoms with Crippen molar-refractivity contribution in [2.24, 2.45) is 0 Å². The SMILES string of the molecule is COC(=O)C1=C(Sc2ccccc2)CCS1. The molecule has 0 aromatic heterocycles. The van der Waals surface area contributed by atoms with Crippen LogP contribution in [0.1, 0.15) is 6.42 Å². The third kappa shape index (κ3) is 2.62. The molecule has 4 heteroatoms. The molecule has 84 valence electrons. The van der Waals surface area contributed by atoms with Crippen LogP contribution in [-0.4, -0.2) is 18.8 Å². The minimum Gasteiger partial charge on any atom is -0.465 e. The van der Waals surface area contributed by atoms with Crippen molar-refractivity contribution in [1.82, 2.24) is 0 Å². The largest absolute Gasteiger partial charge is 0.465 e. The number of benzene rings is 1. The van der Waals surface area contributed by atoms with Gasteiger partial charge in [0.25, 0.3) is 0 Å². The smallest absolute Gasteiger partial charge is 0.345 e. The molecular weight excluding hydrogens is 240 g/mol. The van der Waals surface area contributed by atoms with Gasteiger partial charge in [-0.1, -0.05) is 30.0 Å². The van der Waals surface area contributed by atoms with E-state index in [9.17, 15) is 4.79 Å². The number of thioether (sulfide) groups is 2. The molecule has 0 spiro atoms. The number of rotatable bonds is 3. The zero-order chi connectivity index (χ0) is 11.4. The predicted octanol–water partition coefficient (Wildman–Crippen LogP) is 3.30. The summed E-state index contributed by atoms with van der Waals surface area (Å²) < 4.78 is 4.77. The van der Waals surface area contributed by atoms with Crippen molar-refractivity contribution in [3.05, 3.63) is 40.1 Å². The maximum atomic E-state index is 11.5. The highest BCUT2D eigenvalue weighted by Gasteiger charge is 2.22. The minimum atomic E-state index is -0.207. The van der Waals surface area contributed by atoms with E-state index in [-0.39, 0.29) is 5.97 Å². The third-order valence-corrected chi connectivity index (χ3v) is 4.59. The summed E-state index contributed by atoms with van der Waals surface area (Å²) >= 11 is 3.25. The fourth-order valence-corrected chi connectivity index (χ4v) is 3.80. The van der Waals surface area contributed by atoms with Gasteiger partial charge < -0.3 is 4.74 Å². The Labute approximate surface area is 103 Å². The van der Waals surface area contributed by atoms with Crippen LogP contribution < -0.4 is 0 Å². The number of allylic oxidation sites excluding steroid dienone is 1. The number of hydrogen-bond acceptors (Lipinski definition) is 4. The Bertz CT molecular complexity index is 412. The molecule has 1 aliphatic rings. The maximum Gasteiger partial charge on any atom is 0.345 e. The Hall–Kier alpha value is -0.870. The lowest BCUT2D eigenvalue weighted by Crippen LogP contribution is -2.01. The first-order valence-corrected chi connectivity index (χ1v) is 6.78. The van der Waals surface area contributed by atoms with E-state index in [4.69, 9.17) is 4.74 Å². The zero-order valence-electron chi connectivity index (χ0n) is 8.93. The average molecular weight is 252 g/mol. The van der Waals surface area contributed by atoms with Gasteiger partial charge >= 0.3 is 5.97 Å². The molecule has 0 radical (unpaired) electrons. The van der Waals surface area contributed by atoms with Gasteiger partial charge in [0.2, 0.25) is 0 Å². The molecular formula is C12H12O2S2. The van der Waals surface area contributed by atoms with Crippen LogP contribution >= 0.6 is 23.5 Å². The molecule has 0 fully saturated rings. The van der Waals surface area contributed by atoms with Gasteiger partial charge in [-0.2, -0.15) is 0 Å². The second-order valence-electron chi connectivity index (χ2n) is 3.26. The summed E-state index contributed by atoms with van der Waals surface area (Å²) in [5.41, 5.74) is 0. The van der Waals surface area contributed by atoms with E-state index in [1.54, 1.807) is 23.5 Å². The lowest BCUT2D eigenvalue weighted by Gasteiger charge is -2.04. The third-order valence-electron chi connectivity index (χ3n) is 2.18. The molecule has 0 amide bonds. The number of hydrogen-bond donors (Lipinski definition) is 0. The number of esters is 1. The van der Waals surface area contributed by atoms with Crippen LogP contribution in [0, 0.1) is 0 Å². The first-order chi connectivity index (χ1) is 7.81. The van der Waals surface area contributed by atoms with Crippen LogP contribution in [-0.2, 0) is 9.53 Å². The van der Waals surface area contributed by atoms with Gasteiger partial charge in [0, 0.05) is 15.6 Å². The summed E-state index contributed by atoms with van der Waals surface area (Å²) in [6, 6.07) is 10.1. The van der Waals surface area contributed by atoms with Crippen molar-refractivity contribution in [3.63, 3.8) is 0 Å². The normalized spacial score (nSPS) is 15.3. The standard InChI is InChI=1S/C12H12O2S2/c1-14-12(13)11-10(7-8-15-11)16-9-5-3-2-4-6-9/h2-6H,7-8H2,1H3. The lowest BCUT2D eigenvalue weighted by atomic mass is 10.4. The van der Waals surface area contributed by atoms with Crippen molar-refractivity contribution in [2.75, 3.05) is 12.9 Å². The highest BCUT2D eigenvalue weighted by atomic mass is 32.2. The summed E-state index contributed by atoms with van der Waals surface area (Å²) in [6.07, 6.45) is 0.953. The molecule has 2 nitrogen and oxygen atoms in total. The van der Waals surface area contributed by atoms with Gasteiger partial charge in [-0.3, -0.25) is 0 Å². The lowest BCUT2D eigenvalue weighted by molar-refractivity contribution is -0.135. The molecule has 16 heavy (non-hydrogen) atoms. The Morgan fingerprint density at radius 1 is 1.38 bits per heavy atom. The molecule has 2 rings (SSSR count). The van der Waals surface area contributed by atoms with Crippen LogP contribution in [0.4, 0.5) is 0 Å². The monoisotopic (exact) mass is 252 g/mol. The van der Waals surface area contributed by atoms with E-state index >= 15 is 0 Å². The van der Waals surface area contributed by atoms with Crippen molar-refractivity contribution in [1.29, 1.82) is 0 Å². The van der Waals surface area contributed by atoms with E-state index in [0.29, 0.717) is 0 Å². The van der Waals surface area contributed by atoms with Crippen molar-refractivity contribution in [2.45, 2.75) is 11.3 Å². The van der Waals surface area contributed by atoms with Crippen molar-refractivity contribution >= 4 is 29.5 Å². The van der Waals surface area contributed by atoms with Gasteiger partial charge in [-0.05, 0) is 18.6 Å². The average Bonchev–Trinajstić information content (AvgIpc) is 2.77. The molecule has 1 aromatic carbocycles. The van der Waals surface area contributed by atoms with E-state index in [2.05, 4.69) is 12.1 Å². The number of methoxy groups -OCH3 is 1. The number of ether oxygens (including phenoxy) is 1. The van der Waals surface area contributed by atoms with Gasteiger partial charge in [0.1, 0.15) is 4.91 Å². The summed E-state index contributed by atoms with van der Waals surface area (Å²) in [5, 5.41) is 0. The summed E-state index contributed by atoms with van der Waals surface area (Å²) in [4.78, 5) is 14.6. The summed E-state index contributed by atoms with van der Waals surface area (Å²) in [7, 11) is 1.43. The van der Waals surface area contributed by atoms with Crippen LogP contribution in [0.2, 0.25) is 0 Å². The topological polar surface area (TPSA) is 26.3 Å². The summed E-state index contributed by atoms with van der Waals surface area (Å²) in [5.74, 6) is 0.764. The first kappa shape index (κ1) is 11.6. The molecule has 0 aliphatic carbocycles. The highest BCUT2D eigenvalue weighted by Crippen LogP contribution is 2.41. The molecule has 1 aliphatic heterocycles. The Morgan fingerprint density at radius 3 is 2.81 bits per heavy atom. The fraction of sp³-hybridized carbons (Fsp3) is 0.250. The van der Waals surface area contributed by atoms with Crippen LogP contribution in [0.5, 0.6) is 0 Å². The number of carbonyl (C=O) groups excluding carboxylic acids is 1. The molecule has 1 aromatic rings. The molecule has 0 N–H and O–H groups in total. The van der Waals surface area contributed by atoms with E-state index in [1.165, 1.54) is 12.0 Å². The number of carbonyl (C=O) groups is 1. The van der Waals surface area contributed by atoms with E-state index < -0.39 is 0 Å². The first-order valence-electron chi connectivity index (χ1n) is 4.98. The maximum absolute atomic E-state index is 11.5. The van der Waals surface area contributed by atoms with Gasteiger partial charge in [0.15, 0.2) is 0 Å². The van der Waals surface area contributed by atoms with Crippen LogP contribution in [0.25, 0.3) is 0 Å². The molecule has 0 saturated carbocycles. The minimum absolute atomic E-state index is 0.207. The second-order valence-corrected chi connectivity index (χ2v) is 5.53. The summed E-state index contributed by atoms with van der Waals surface area (Å²) in [6.45, 7) is 0. The van der Waals surface area contributed by atoms with Gasteiger partial charge in [0.05, 0.1) is 7.11 Å². The Balaban J connectivity index is 2.17. The van der Waals surface area contributed by atoms with E-state index in [0.717, 1.165) is 22.0 Å². The second kappa shape index (κ2) is 5.46. The van der Waals surface area contributed by atoms with Gasteiger partial charge in [-0.25, -0.2) is 4.79 Å². The highest BCUT2D eigenvalue weighted by molar-refractivity contribution is 8.08. The van der Waals surface area contributed by atoms with Gasteiger partial charge in [-0.15, -0.1) is 11.8 Å². The predicted molar refractivity (Wildman–Crippen MR) is 68.4 cm³/mol. The molecule has 0 saturated heterocycles. The molecule has 0 bridgehead atoms. The van der Waals surface area contributed by atoms with Crippen molar-refractivity contribution in [3.8, 4) is 0 Å². The fourth-order valence-electron chi connectivity index (χ4n) is 1.43. The van der Waals surface area contributed by atoms with E-state index in [1.807, 2.05) is 18.2 Å². The molecule has 0 atom stereocenters. The quantitative estimate of drug-likeness (QED) is 0.771. The van der Waals surface area contributed by atoms with Crippen molar-refractivity contribution < 1.29 is 9.53 Å². The van der Waals surface area contributed by atoms with Crippen LogP contribution in [0.3, 0.4) is 0 Å². The molecule has 1 heterocycles. The van der Waals surface area contributed by atoms with Crippen LogP contribution in [0.15, 0.2) is 45.0 Å².